The number of carbonyl (C=O) groups excluding carboxylic acids is 1. The Morgan fingerprint density at radius 1 is 1.12 bits per heavy atom. The highest BCUT2D eigenvalue weighted by Crippen LogP contribution is 2.32. The molecule has 0 spiro atoms. The van der Waals surface area contributed by atoms with Crippen molar-refractivity contribution in [3.8, 4) is 17.0 Å². The molecule has 0 aliphatic carbocycles. The van der Waals surface area contributed by atoms with Gasteiger partial charge in [0.25, 0.3) is 5.91 Å². The lowest BCUT2D eigenvalue weighted by atomic mass is 10.1. The molecule has 174 valence electrons. The second-order valence-electron chi connectivity index (χ2n) is 7.84. The Hall–Kier alpha value is -3.17. The van der Waals surface area contributed by atoms with Gasteiger partial charge in [0.05, 0.1) is 17.2 Å². The molecule has 0 saturated carbocycles. The van der Waals surface area contributed by atoms with Crippen LogP contribution < -0.4 is 10.1 Å². The molecule has 2 heterocycles. The number of amides is 1. The zero-order valence-corrected chi connectivity index (χ0v) is 19.5. The van der Waals surface area contributed by atoms with Crippen LogP contribution in [0.15, 0.2) is 57.9 Å². The van der Waals surface area contributed by atoms with Gasteiger partial charge in [0, 0.05) is 18.7 Å². The van der Waals surface area contributed by atoms with Crippen molar-refractivity contribution in [3.63, 3.8) is 0 Å². The van der Waals surface area contributed by atoms with Crippen LogP contribution in [0.3, 0.4) is 0 Å². The topological polar surface area (TPSA) is 102 Å². The summed E-state index contributed by atoms with van der Waals surface area (Å²) in [6.07, 6.45) is 2.71. The Labute approximate surface area is 193 Å². The lowest BCUT2D eigenvalue weighted by Gasteiger charge is -2.26. The quantitative estimate of drug-likeness (QED) is 0.548. The second-order valence-corrected chi connectivity index (χ2v) is 9.78. The van der Waals surface area contributed by atoms with E-state index in [9.17, 15) is 13.2 Å². The number of anilines is 1. The van der Waals surface area contributed by atoms with Crippen LogP contribution in [-0.4, -0.2) is 43.5 Å². The van der Waals surface area contributed by atoms with Crippen LogP contribution in [0.25, 0.3) is 11.3 Å². The number of ether oxygens (including phenoxy) is 1. The van der Waals surface area contributed by atoms with Crippen molar-refractivity contribution < 1.29 is 22.5 Å². The highest BCUT2D eigenvalue weighted by atomic mass is 32.2. The number of piperidine rings is 1. The molecule has 0 radical (unpaired) electrons. The highest BCUT2D eigenvalue weighted by molar-refractivity contribution is 7.89. The van der Waals surface area contributed by atoms with Gasteiger partial charge in [-0.15, -0.1) is 0 Å². The fourth-order valence-electron chi connectivity index (χ4n) is 3.92. The van der Waals surface area contributed by atoms with Crippen LogP contribution in [0.2, 0.25) is 0 Å². The van der Waals surface area contributed by atoms with Crippen molar-refractivity contribution in [1.29, 1.82) is 0 Å². The average Bonchev–Trinajstić information content (AvgIpc) is 3.23. The summed E-state index contributed by atoms with van der Waals surface area (Å²) in [5, 5.41) is 6.87. The summed E-state index contributed by atoms with van der Waals surface area (Å²) >= 11 is 0. The van der Waals surface area contributed by atoms with Gasteiger partial charge in [-0.25, -0.2) is 8.42 Å². The first-order valence-electron chi connectivity index (χ1n) is 11.0. The summed E-state index contributed by atoms with van der Waals surface area (Å²) in [4.78, 5) is 13.4. The van der Waals surface area contributed by atoms with Gasteiger partial charge in [-0.2, -0.15) is 4.31 Å². The zero-order chi connectivity index (χ0) is 23.4. The summed E-state index contributed by atoms with van der Waals surface area (Å²) < 4.78 is 38.8. The minimum absolute atomic E-state index is 0.119. The van der Waals surface area contributed by atoms with E-state index in [1.54, 1.807) is 13.0 Å². The van der Waals surface area contributed by atoms with E-state index in [0.717, 1.165) is 24.8 Å². The van der Waals surface area contributed by atoms with E-state index in [2.05, 4.69) is 10.5 Å². The third kappa shape index (κ3) is 4.79. The molecule has 8 nitrogen and oxygen atoms in total. The van der Waals surface area contributed by atoms with Crippen molar-refractivity contribution in [3.05, 3.63) is 59.9 Å². The number of hydrogen-bond acceptors (Lipinski definition) is 6. The zero-order valence-electron chi connectivity index (χ0n) is 18.7. The Morgan fingerprint density at radius 3 is 2.55 bits per heavy atom. The van der Waals surface area contributed by atoms with Crippen molar-refractivity contribution in [2.75, 3.05) is 25.0 Å². The number of nitrogens with zero attached hydrogens (tertiary/aromatic N) is 2. The molecule has 1 aliphatic heterocycles. The minimum Gasteiger partial charge on any atom is -0.492 e. The fraction of sp³-hybridized carbons (Fsp3) is 0.333. The van der Waals surface area contributed by atoms with Gasteiger partial charge in [0.15, 0.2) is 0 Å². The van der Waals surface area contributed by atoms with Crippen molar-refractivity contribution in [2.24, 2.45) is 0 Å². The maximum Gasteiger partial charge on any atom is 0.261 e. The van der Waals surface area contributed by atoms with E-state index in [4.69, 9.17) is 9.26 Å². The molecule has 4 rings (SSSR count). The molecular weight excluding hydrogens is 442 g/mol. The van der Waals surface area contributed by atoms with Crippen LogP contribution in [0.1, 0.15) is 42.3 Å². The smallest absolute Gasteiger partial charge is 0.261 e. The van der Waals surface area contributed by atoms with E-state index in [0.29, 0.717) is 36.9 Å². The van der Waals surface area contributed by atoms with Gasteiger partial charge < -0.3 is 14.6 Å². The fourth-order valence-corrected chi connectivity index (χ4v) is 5.46. The van der Waals surface area contributed by atoms with Gasteiger partial charge >= 0.3 is 0 Å². The molecule has 1 amide bonds. The van der Waals surface area contributed by atoms with Crippen molar-refractivity contribution in [2.45, 2.75) is 38.0 Å². The standard InChI is InChI=1S/C24H27N3O5S/c1-3-31-21-13-12-19(33(29,30)27-14-8-5-9-15-27)16-20(21)25-24(28)22-17(2)32-26-23(22)18-10-6-4-7-11-18/h4,6-7,10-13,16H,3,5,8-9,14-15H2,1-2H3,(H,25,28). The predicted octanol–water partition coefficient (Wildman–Crippen LogP) is 4.48. The summed E-state index contributed by atoms with van der Waals surface area (Å²) in [5.74, 6) is 0.293. The molecule has 1 aliphatic rings. The predicted molar refractivity (Wildman–Crippen MR) is 125 cm³/mol. The summed E-state index contributed by atoms with van der Waals surface area (Å²) in [6.45, 7) is 4.84. The van der Waals surface area contributed by atoms with E-state index < -0.39 is 15.9 Å². The Bertz CT molecular complexity index is 1230. The van der Waals surface area contributed by atoms with Gasteiger partial charge in [0.1, 0.15) is 22.8 Å². The molecule has 0 atom stereocenters. The van der Waals surface area contributed by atoms with Gasteiger partial charge in [-0.3, -0.25) is 4.79 Å². The SMILES string of the molecule is CCOc1ccc(S(=O)(=O)N2CCCCC2)cc1NC(=O)c1c(-c2ccccc2)noc1C. The number of nitrogens with one attached hydrogen (secondary N) is 1. The number of carbonyl (C=O) groups is 1. The monoisotopic (exact) mass is 469 g/mol. The number of aryl methyl sites for hydroxylation is 1. The summed E-state index contributed by atoms with van der Waals surface area (Å²) in [5.41, 5.74) is 1.72. The number of aromatic nitrogens is 1. The van der Waals surface area contributed by atoms with Gasteiger partial charge in [-0.05, 0) is 44.9 Å². The molecule has 0 bridgehead atoms. The first-order chi connectivity index (χ1) is 15.9. The van der Waals surface area contributed by atoms with Crippen molar-refractivity contribution in [1.82, 2.24) is 9.46 Å². The lowest BCUT2D eigenvalue weighted by Crippen LogP contribution is -2.35. The second kappa shape index (κ2) is 9.76. The molecule has 1 saturated heterocycles. The maximum atomic E-state index is 13.3. The third-order valence-corrected chi connectivity index (χ3v) is 7.48. The first kappa shape index (κ1) is 23.0. The van der Waals surface area contributed by atoms with E-state index in [-0.39, 0.29) is 16.1 Å². The Balaban J connectivity index is 1.68. The number of benzene rings is 2. The number of hydrogen-bond donors (Lipinski definition) is 1. The van der Waals surface area contributed by atoms with Crippen molar-refractivity contribution >= 4 is 21.6 Å². The highest BCUT2D eigenvalue weighted by Gasteiger charge is 2.28. The minimum atomic E-state index is -3.67. The Morgan fingerprint density at radius 2 is 1.85 bits per heavy atom. The third-order valence-electron chi connectivity index (χ3n) is 5.59. The Kier molecular flexibility index (Phi) is 6.80. The largest absolute Gasteiger partial charge is 0.492 e. The van der Waals surface area contributed by atoms with Crippen LogP contribution in [0, 0.1) is 6.92 Å². The number of sulfonamides is 1. The lowest BCUT2D eigenvalue weighted by molar-refractivity contribution is 0.102. The average molecular weight is 470 g/mol. The normalized spacial score (nSPS) is 14.7. The molecule has 9 heteroatoms. The molecular formula is C24H27N3O5S. The first-order valence-corrected chi connectivity index (χ1v) is 12.5. The molecule has 33 heavy (non-hydrogen) atoms. The molecule has 3 aromatic rings. The van der Waals surface area contributed by atoms with Crippen LogP contribution in [0.5, 0.6) is 5.75 Å². The van der Waals surface area contributed by atoms with Crippen LogP contribution in [-0.2, 0) is 10.0 Å². The summed E-state index contributed by atoms with van der Waals surface area (Å²) in [6, 6.07) is 13.8. The number of rotatable bonds is 7. The molecule has 1 aromatic heterocycles. The van der Waals surface area contributed by atoms with E-state index >= 15 is 0 Å². The molecule has 1 fully saturated rings. The van der Waals surface area contributed by atoms with Crippen LogP contribution >= 0.6 is 0 Å². The molecule has 0 unspecified atom stereocenters. The maximum absolute atomic E-state index is 13.3. The van der Waals surface area contributed by atoms with Crippen LogP contribution in [0.4, 0.5) is 5.69 Å². The molecule has 2 aromatic carbocycles. The van der Waals surface area contributed by atoms with Gasteiger partial charge in [-0.1, -0.05) is 41.9 Å². The van der Waals surface area contributed by atoms with Gasteiger partial charge in [0.2, 0.25) is 10.0 Å². The van der Waals surface area contributed by atoms with E-state index in [1.807, 2.05) is 37.3 Å². The summed E-state index contributed by atoms with van der Waals surface area (Å²) in [7, 11) is -3.67. The molecule has 1 N–H and O–H groups in total. The van der Waals surface area contributed by atoms with E-state index in [1.165, 1.54) is 16.4 Å².